The van der Waals surface area contributed by atoms with Gasteiger partial charge >= 0.3 is 0 Å². The lowest BCUT2D eigenvalue weighted by molar-refractivity contribution is 0.0950. The van der Waals surface area contributed by atoms with Crippen molar-refractivity contribution in [2.24, 2.45) is 0 Å². The number of pyridine rings is 1. The van der Waals surface area contributed by atoms with Gasteiger partial charge in [0, 0.05) is 24.8 Å². The fourth-order valence-corrected chi connectivity index (χ4v) is 3.07. The van der Waals surface area contributed by atoms with Crippen LogP contribution >= 0.6 is 0 Å². The Morgan fingerprint density at radius 2 is 2.00 bits per heavy atom. The van der Waals surface area contributed by atoms with E-state index in [4.69, 9.17) is 13.9 Å². The largest absolute Gasteiger partial charge is 0.497 e. The lowest BCUT2D eigenvalue weighted by Crippen LogP contribution is -2.26. The summed E-state index contributed by atoms with van der Waals surface area (Å²) in [6, 6.07) is 7.06. The van der Waals surface area contributed by atoms with Gasteiger partial charge in [0.15, 0.2) is 0 Å². The summed E-state index contributed by atoms with van der Waals surface area (Å²) in [4.78, 5) is 25.5. The highest BCUT2D eigenvalue weighted by Gasteiger charge is 2.22. The highest BCUT2D eigenvalue weighted by atomic mass is 16.5. The highest BCUT2D eigenvalue weighted by Crippen LogP contribution is 2.25. The number of fused-ring (bicyclic) bond motifs is 1. The van der Waals surface area contributed by atoms with Crippen molar-refractivity contribution >= 4 is 16.9 Å². The average molecular weight is 370 g/mol. The number of hydrogen-bond donors (Lipinski definition) is 1. The van der Waals surface area contributed by atoms with Crippen LogP contribution in [0.4, 0.5) is 0 Å². The molecule has 7 nitrogen and oxygen atoms in total. The number of aryl methyl sites for hydroxylation is 2. The molecule has 1 N–H and O–H groups in total. The predicted octanol–water partition coefficient (Wildman–Crippen LogP) is 2.87. The van der Waals surface area contributed by atoms with Crippen LogP contribution in [0.2, 0.25) is 0 Å². The number of methoxy groups -OCH3 is 2. The molecule has 27 heavy (non-hydrogen) atoms. The number of benzene rings is 1. The Bertz CT molecular complexity index is 1050. The predicted molar refractivity (Wildman–Crippen MR) is 102 cm³/mol. The molecular formula is C20H22N2O5. The quantitative estimate of drug-likeness (QED) is 0.721. The van der Waals surface area contributed by atoms with Crippen LogP contribution in [0.25, 0.3) is 11.0 Å². The van der Waals surface area contributed by atoms with E-state index in [0.717, 1.165) is 5.56 Å². The molecule has 0 saturated carbocycles. The van der Waals surface area contributed by atoms with Gasteiger partial charge in [0.1, 0.15) is 22.8 Å². The third kappa shape index (κ3) is 3.40. The van der Waals surface area contributed by atoms with Gasteiger partial charge in [-0.3, -0.25) is 9.59 Å². The molecule has 0 aliphatic carbocycles. The summed E-state index contributed by atoms with van der Waals surface area (Å²) in [6.45, 7) is 4.28. The Labute approximate surface area is 156 Å². The van der Waals surface area contributed by atoms with Crippen LogP contribution in [-0.4, -0.2) is 24.7 Å². The number of nitrogens with zero attached hydrogens (tertiary/aromatic N) is 1. The van der Waals surface area contributed by atoms with E-state index < -0.39 is 0 Å². The van der Waals surface area contributed by atoms with Gasteiger partial charge in [-0.1, -0.05) is 0 Å². The normalized spacial score (nSPS) is 10.8. The maximum atomic E-state index is 12.8. The summed E-state index contributed by atoms with van der Waals surface area (Å²) in [6.07, 6.45) is 1.66. The van der Waals surface area contributed by atoms with Gasteiger partial charge in [0.25, 0.3) is 11.5 Å². The van der Waals surface area contributed by atoms with E-state index in [0.29, 0.717) is 34.8 Å². The molecule has 1 aromatic carbocycles. The van der Waals surface area contributed by atoms with Crippen LogP contribution in [0.5, 0.6) is 11.5 Å². The van der Waals surface area contributed by atoms with Crippen LogP contribution in [0.3, 0.4) is 0 Å². The van der Waals surface area contributed by atoms with Crippen molar-refractivity contribution in [2.75, 3.05) is 14.2 Å². The number of carbonyl (C=O) groups excluding carboxylic acids is 1. The Morgan fingerprint density at radius 3 is 2.67 bits per heavy atom. The minimum Gasteiger partial charge on any atom is -0.497 e. The summed E-state index contributed by atoms with van der Waals surface area (Å²) in [5.74, 6) is 1.34. The molecule has 0 unspecified atom stereocenters. The number of carbonyl (C=O) groups is 1. The lowest BCUT2D eigenvalue weighted by Gasteiger charge is -2.11. The Kier molecular flexibility index (Phi) is 5.21. The first kappa shape index (κ1) is 18.6. The number of rotatable bonds is 6. The van der Waals surface area contributed by atoms with Crippen molar-refractivity contribution < 1.29 is 18.7 Å². The number of nitrogens with one attached hydrogen (secondary N) is 1. The van der Waals surface area contributed by atoms with Gasteiger partial charge in [-0.05, 0) is 38.1 Å². The van der Waals surface area contributed by atoms with Crippen LogP contribution < -0.4 is 20.3 Å². The second-order valence-electron chi connectivity index (χ2n) is 6.04. The smallest absolute Gasteiger partial charge is 0.262 e. The molecule has 0 spiro atoms. The molecule has 7 heteroatoms. The van der Waals surface area contributed by atoms with E-state index >= 15 is 0 Å². The summed E-state index contributed by atoms with van der Waals surface area (Å²) in [5.41, 5.74) is 1.20. The molecular weight excluding hydrogens is 348 g/mol. The highest BCUT2D eigenvalue weighted by molar-refractivity contribution is 6.06. The monoisotopic (exact) mass is 370 g/mol. The van der Waals surface area contributed by atoms with Crippen molar-refractivity contribution in [3.63, 3.8) is 0 Å². The van der Waals surface area contributed by atoms with Crippen molar-refractivity contribution in [1.29, 1.82) is 0 Å². The Hall–Kier alpha value is -3.22. The van der Waals surface area contributed by atoms with Crippen molar-refractivity contribution in [3.05, 3.63) is 57.7 Å². The third-order valence-corrected chi connectivity index (χ3v) is 4.49. The zero-order valence-electron chi connectivity index (χ0n) is 15.8. The summed E-state index contributed by atoms with van der Waals surface area (Å²) in [5, 5.41) is 3.14. The van der Waals surface area contributed by atoms with Gasteiger partial charge in [-0.15, -0.1) is 0 Å². The van der Waals surface area contributed by atoms with Crippen LogP contribution in [0, 0.1) is 6.92 Å². The first-order valence-corrected chi connectivity index (χ1v) is 8.61. The fraction of sp³-hybridized carbons (Fsp3) is 0.300. The SMILES string of the molecule is CCn1ccc2oc(C)c(C(=O)NCc3cc(OC)ccc3OC)c2c1=O. The molecule has 0 radical (unpaired) electrons. The van der Waals surface area contributed by atoms with Gasteiger partial charge < -0.3 is 23.8 Å². The van der Waals surface area contributed by atoms with Crippen molar-refractivity contribution in [1.82, 2.24) is 9.88 Å². The summed E-state index contributed by atoms with van der Waals surface area (Å²) < 4.78 is 17.7. The first-order valence-electron chi connectivity index (χ1n) is 8.61. The van der Waals surface area contributed by atoms with Crippen LogP contribution in [-0.2, 0) is 13.1 Å². The minimum absolute atomic E-state index is 0.222. The van der Waals surface area contributed by atoms with E-state index in [9.17, 15) is 9.59 Å². The van der Waals surface area contributed by atoms with E-state index in [-0.39, 0.29) is 23.6 Å². The number of hydrogen-bond acceptors (Lipinski definition) is 5. The van der Waals surface area contributed by atoms with Crippen LogP contribution in [0.15, 0.2) is 39.7 Å². The molecule has 0 saturated heterocycles. The first-order chi connectivity index (χ1) is 13.0. The maximum absolute atomic E-state index is 12.8. The van der Waals surface area contributed by atoms with E-state index in [1.807, 2.05) is 6.92 Å². The molecule has 0 atom stereocenters. The maximum Gasteiger partial charge on any atom is 0.262 e. The molecule has 0 fully saturated rings. The molecule has 0 aliphatic heterocycles. The molecule has 0 aliphatic rings. The Morgan fingerprint density at radius 1 is 1.22 bits per heavy atom. The van der Waals surface area contributed by atoms with E-state index in [1.165, 1.54) is 0 Å². The standard InChI is InChI=1S/C20H22N2O5/c1-5-22-9-8-16-18(20(22)24)17(12(2)27-16)19(23)21-11-13-10-14(25-3)6-7-15(13)26-4/h6-10H,5,11H2,1-4H3,(H,21,23). The van der Waals surface area contributed by atoms with E-state index in [2.05, 4.69) is 5.32 Å². The van der Waals surface area contributed by atoms with Gasteiger partial charge in [0.2, 0.25) is 0 Å². The van der Waals surface area contributed by atoms with Gasteiger partial charge in [-0.2, -0.15) is 0 Å². The zero-order chi connectivity index (χ0) is 19.6. The number of ether oxygens (including phenoxy) is 2. The summed E-state index contributed by atoms with van der Waals surface area (Å²) >= 11 is 0. The van der Waals surface area contributed by atoms with E-state index in [1.54, 1.807) is 56.2 Å². The zero-order valence-corrected chi connectivity index (χ0v) is 15.8. The topological polar surface area (TPSA) is 82.7 Å². The Balaban J connectivity index is 1.94. The molecule has 2 aromatic heterocycles. The molecule has 1 amide bonds. The lowest BCUT2D eigenvalue weighted by atomic mass is 10.1. The second-order valence-corrected chi connectivity index (χ2v) is 6.04. The number of furan rings is 1. The number of amides is 1. The van der Waals surface area contributed by atoms with Crippen molar-refractivity contribution in [2.45, 2.75) is 26.9 Å². The molecule has 3 aromatic rings. The van der Waals surface area contributed by atoms with Crippen molar-refractivity contribution in [3.8, 4) is 11.5 Å². The van der Waals surface area contributed by atoms with Crippen LogP contribution in [0.1, 0.15) is 28.6 Å². The second kappa shape index (κ2) is 7.57. The van der Waals surface area contributed by atoms with Gasteiger partial charge in [-0.25, -0.2) is 0 Å². The van der Waals surface area contributed by atoms with Gasteiger partial charge in [0.05, 0.1) is 25.2 Å². The third-order valence-electron chi connectivity index (χ3n) is 4.49. The average Bonchev–Trinajstić information content (AvgIpc) is 3.03. The molecule has 2 heterocycles. The molecule has 0 bridgehead atoms. The fourth-order valence-electron chi connectivity index (χ4n) is 3.07. The molecule has 142 valence electrons. The number of aromatic nitrogens is 1. The summed E-state index contributed by atoms with van der Waals surface area (Å²) in [7, 11) is 3.14. The molecule has 3 rings (SSSR count). The minimum atomic E-state index is -0.373.